The number of aromatic nitrogens is 2. The normalized spacial score (nSPS) is 13.3. The Morgan fingerprint density at radius 3 is 2.48 bits per heavy atom. The molecule has 0 unspecified atom stereocenters. The quantitative estimate of drug-likeness (QED) is 0.744. The van der Waals surface area contributed by atoms with Crippen molar-refractivity contribution < 1.29 is 13.2 Å². The molecule has 1 aliphatic heterocycles. The van der Waals surface area contributed by atoms with Crippen LogP contribution in [0.15, 0.2) is 42.6 Å². The molecule has 1 aromatic heterocycles. The van der Waals surface area contributed by atoms with E-state index in [2.05, 4.69) is 10.4 Å². The molecule has 6 heteroatoms. The number of fused-ring (bicyclic) bond motifs is 3. The van der Waals surface area contributed by atoms with E-state index >= 15 is 0 Å². The summed E-state index contributed by atoms with van der Waals surface area (Å²) in [6, 6.07) is 8.45. The second kappa shape index (κ2) is 5.24. The summed E-state index contributed by atoms with van der Waals surface area (Å²) in [4.78, 5) is 0. The Labute approximate surface area is 130 Å². The molecule has 1 N–H and O–H groups in total. The Kier molecular flexibility index (Phi) is 3.20. The zero-order valence-electron chi connectivity index (χ0n) is 12.0. The lowest BCUT2D eigenvalue weighted by atomic mass is 10.1. The van der Waals surface area contributed by atoms with Crippen molar-refractivity contribution in [2.45, 2.75) is 13.1 Å². The molecule has 0 amide bonds. The van der Waals surface area contributed by atoms with Crippen LogP contribution in [0.25, 0.3) is 16.8 Å². The van der Waals surface area contributed by atoms with Crippen LogP contribution in [0.3, 0.4) is 0 Å². The smallest absolute Gasteiger partial charge is 0.160 e. The second-order valence-electron chi connectivity index (χ2n) is 5.42. The molecule has 2 heterocycles. The molecule has 0 atom stereocenters. The number of hydrogen-bond donors (Lipinski definition) is 1. The lowest BCUT2D eigenvalue weighted by Gasteiger charge is -2.09. The van der Waals surface area contributed by atoms with E-state index < -0.39 is 11.6 Å². The predicted octanol–water partition coefficient (Wildman–Crippen LogP) is 3.56. The van der Waals surface area contributed by atoms with Crippen molar-refractivity contribution in [3.05, 3.63) is 71.3 Å². The van der Waals surface area contributed by atoms with Gasteiger partial charge in [-0.05, 0) is 29.3 Å². The van der Waals surface area contributed by atoms with Crippen LogP contribution < -0.4 is 5.32 Å². The first-order valence-corrected chi connectivity index (χ1v) is 7.15. The predicted molar refractivity (Wildman–Crippen MR) is 79.4 cm³/mol. The van der Waals surface area contributed by atoms with E-state index in [0.717, 1.165) is 22.9 Å². The highest BCUT2D eigenvalue weighted by Crippen LogP contribution is 2.29. The highest BCUT2D eigenvalue weighted by molar-refractivity contribution is 5.66. The number of halogens is 3. The van der Waals surface area contributed by atoms with Crippen LogP contribution >= 0.6 is 0 Å². The Morgan fingerprint density at radius 1 is 0.957 bits per heavy atom. The molecule has 1 aliphatic rings. The van der Waals surface area contributed by atoms with E-state index in [4.69, 9.17) is 0 Å². The molecule has 3 nitrogen and oxygen atoms in total. The van der Waals surface area contributed by atoms with E-state index in [0.29, 0.717) is 24.3 Å². The molecule has 0 saturated heterocycles. The molecule has 3 aromatic rings. The van der Waals surface area contributed by atoms with Crippen molar-refractivity contribution in [2.24, 2.45) is 0 Å². The van der Waals surface area contributed by atoms with Gasteiger partial charge in [0.25, 0.3) is 0 Å². The lowest BCUT2D eigenvalue weighted by Crippen LogP contribution is -2.11. The number of nitrogens with one attached hydrogen (secondary N) is 1. The van der Waals surface area contributed by atoms with Gasteiger partial charge in [-0.2, -0.15) is 5.10 Å². The van der Waals surface area contributed by atoms with E-state index in [1.807, 2.05) is 0 Å². The van der Waals surface area contributed by atoms with Gasteiger partial charge in [-0.1, -0.05) is 12.1 Å². The largest absolute Gasteiger partial charge is 0.307 e. The third-order valence-electron chi connectivity index (χ3n) is 3.98. The summed E-state index contributed by atoms with van der Waals surface area (Å²) in [6.45, 7) is 0.906. The molecule has 0 spiro atoms. The molecular weight excluding hydrogens is 303 g/mol. The minimum absolute atomic E-state index is 0.312. The van der Waals surface area contributed by atoms with Gasteiger partial charge in [0, 0.05) is 24.7 Å². The number of hydrogen-bond acceptors (Lipinski definition) is 2. The molecule has 0 aliphatic carbocycles. The fourth-order valence-corrected chi connectivity index (χ4v) is 2.85. The number of rotatable bonds is 1. The maximum absolute atomic E-state index is 13.6. The summed E-state index contributed by atoms with van der Waals surface area (Å²) in [5.74, 6) is -2.09. The zero-order chi connectivity index (χ0) is 16.0. The summed E-state index contributed by atoms with van der Waals surface area (Å²) in [5, 5.41) is 7.51. The first-order valence-electron chi connectivity index (χ1n) is 7.15. The van der Waals surface area contributed by atoms with Gasteiger partial charge in [0.05, 0.1) is 17.6 Å². The van der Waals surface area contributed by atoms with E-state index in [1.54, 1.807) is 23.0 Å². The third kappa shape index (κ3) is 2.31. The van der Waals surface area contributed by atoms with Gasteiger partial charge in [-0.15, -0.1) is 0 Å². The van der Waals surface area contributed by atoms with Crippen molar-refractivity contribution in [1.29, 1.82) is 0 Å². The van der Waals surface area contributed by atoms with Crippen molar-refractivity contribution in [2.75, 3.05) is 0 Å². The fourth-order valence-electron chi connectivity index (χ4n) is 2.85. The summed E-state index contributed by atoms with van der Waals surface area (Å²) in [6.07, 6.45) is 1.65. The van der Waals surface area contributed by atoms with Gasteiger partial charge in [0.2, 0.25) is 0 Å². The first-order chi connectivity index (χ1) is 11.1. The second-order valence-corrected chi connectivity index (χ2v) is 5.42. The highest BCUT2D eigenvalue weighted by atomic mass is 19.2. The van der Waals surface area contributed by atoms with E-state index in [1.165, 1.54) is 18.2 Å². The van der Waals surface area contributed by atoms with Crippen molar-refractivity contribution in [1.82, 2.24) is 15.1 Å². The Hall–Kier alpha value is -2.60. The van der Waals surface area contributed by atoms with Gasteiger partial charge in [0.15, 0.2) is 11.6 Å². The van der Waals surface area contributed by atoms with Gasteiger partial charge in [-0.25, -0.2) is 17.9 Å². The van der Waals surface area contributed by atoms with Crippen LogP contribution in [-0.2, 0) is 13.1 Å². The molecule has 0 bridgehead atoms. The highest BCUT2D eigenvalue weighted by Gasteiger charge is 2.21. The summed E-state index contributed by atoms with van der Waals surface area (Å²) in [7, 11) is 0. The van der Waals surface area contributed by atoms with E-state index in [9.17, 15) is 13.2 Å². The summed E-state index contributed by atoms with van der Waals surface area (Å²) < 4.78 is 41.8. The molecule has 0 radical (unpaired) electrons. The molecule has 116 valence electrons. The molecule has 0 saturated carbocycles. The molecule has 23 heavy (non-hydrogen) atoms. The SMILES string of the molecule is Fc1ccc(-c2cnn3c2CNCc2cc(F)c(F)cc2-3)cc1. The molecule has 2 aromatic carbocycles. The standard InChI is InChI=1S/C17H12F3N3/c18-12-3-1-10(2-4-12)13-8-22-23-16-6-15(20)14(19)5-11(16)7-21-9-17(13)23/h1-6,8,21H,7,9H2. The van der Waals surface area contributed by atoms with Gasteiger partial charge < -0.3 is 5.32 Å². The van der Waals surface area contributed by atoms with Crippen LogP contribution in [0.1, 0.15) is 11.3 Å². The maximum Gasteiger partial charge on any atom is 0.160 e. The number of nitrogens with zero attached hydrogens (tertiary/aromatic N) is 2. The topological polar surface area (TPSA) is 29.9 Å². The Bertz CT molecular complexity index is 885. The van der Waals surface area contributed by atoms with Crippen LogP contribution in [0.5, 0.6) is 0 Å². The fraction of sp³-hybridized carbons (Fsp3) is 0.118. The minimum atomic E-state index is -0.907. The average Bonchev–Trinajstić information content (AvgIpc) is 2.87. The van der Waals surface area contributed by atoms with Gasteiger partial charge in [-0.3, -0.25) is 0 Å². The number of benzene rings is 2. The van der Waals surface area contributed by atoms with Crippen LogP contribution in [-0.4, -0.2) is 9.78 Å². The van der Waals surface area contributed by atoms with Gasteiger partial charge in [0.1, 0.15) is 5.82 Å². The Morgan fingerprint density at radius 2 is 1.70 bits per heavy atom. The van der Waals surface area contributed by atoms with Crippen molar-refractivity contribution in [3.63, 3.8) is 0 Å². The van der Waals surface area contributed by atoms with Crippen molar-refractivity contribution >= 4 is 0 Å². The molecular formula is C17H12F3N3. The summed E-state index contributed by atoms with van der Waals surface area (Å²) in [5.41, 5.74) is 3.62. The minimum Gasteiger partial charge on any atom is -0.307 e. The van der Waals surface area contributed by atoms with Gasteiger partial charge >= 0.3 is 0 Å². The Balaban J connectivity index is 1.89. The summed E-state index contributed by atoms with van der Waals surface area (Å²) >= 11 is 0. The lowest BCUT2D eigenvalue weighted by molar-refractivity contribution is 0.505. The van der Waals surface area contributed by atoms with Crippen molar-refractivity contribution in [3.8, 4) is 16.8 Å². The van der Waals surface area contributed by atoms with Crippen LogP contribution in [0.4, 0.5) is 13.2 Å². The first kappa shape index (κ1) is 14.0. The maximum atomic E-state index is 13.6. The average molecular weight is 315 g/mol. The molecule has 0 fully saturated rings. The van der Waals surface area contributed by atoms with Crippen LogP contribution in [0, 0.1) is 17.5 Å². The van der Waals surface area contributed by atoms with E-state index in [-0.39, 0.29) is 5.82 Å². The third-order valence-corrected chi connectivity index (χ3v) is 3.98. The van der Waals surface area contributed by atoms with Crippen LogP contribution in [0.2, 0.25) is 0 Å². The monoisotopic (exact) mass is 315 g/mol. The molecule has 4 rings (SSSR count). The zero-order valence-corrected chi connectivity index (χ0v) is 12.0.